The lowest BCUT2D eigenvalue weighted by atomic mass is 10.3. The molecule has 0 bridgehead atoms. The van der Waals surface area contributed by atoms with Crippen molar-refractivity contribution < 1.29 is 9.94 Å². The summed E-state index contributed by atoms with van der Waals surface area (Å²) in [6, 6.07) is 6.68. The van der Waals surface area contributed by atoms with Gasteiger partial charge in [0.05, 0.1) is 0 Å². The molecule has 7 heteroatoms. The summed E-state index contributed by atoms with van der Waals surface area (Å²) in [7, 11) is 0. The molecule has 0 saturated heterocycles. The number of nitrogens with one attached hydrogen (secondary N) is 1. The van der Waals surface area contributed by atoms with E-state index in [0.29, 0.717) is 17.5 Å². The lowest BCUT2D eigenvalue weighted by molar-refractivity contribution is 0.318. The Kier molecular flexibility index (Phi) is 2.91. The summed E-state index contributed by atoms with van der Waals surface area (Å²) in [5.74, 6) is 0.654. The van der Waals surface area contributed by atoms with Gasteiger partial charge in [-0.1, -0.05) is 11.2 Å². The first-order valence-corrected chi connectivity index (χ1v) is 4.84. The first kappa shape index (κ1) is 10.9. The highest BCUT2D eigenvalue weighted by molar-refractivity contribution is 5.95. The van der Waals surface area contributed by atoms with Crippen LogP contribution in [0.2, 0.25) is 0 Å². The Morgan fingerprint density at radius 2 is 2.29 bits per heavy atom. The summed E-state index contributed by atoms with van der Waals surface area (Å²) in [4.78, 5) is 4.06. The number of oxime groups is 1. The van der Waals surface area contributed by atoms with Gasteiger partial charge < -0.3 is 15.7 Å². The van der Waals surface area contributed by atoms with E-state index in [2.05, 4.69) is 20.3 Å². The maximum absolute atomic E-state index is 8.54. The molecule has 17 heavy (non-hydrogen) atoms. The van der Waals surface area contributed by atoms with Crippen molar-refractivity contribution in [3.05, 3.63) is 35.7 Å². The standard InChI is InChI=1S/C10H11N5O2/c1-6-5-9(14-13-6)17-8-4-2-3-7(12-8)10(11)15-16/h2-5,16H,1H3,(H2,11,15)(H,13,14). The van der Waals surface area contributed by atoms with Crippen molar-refractivity contribution in [2.24, 2.45) is 10.9 Å². The van der Waals surface area contributed by atoms with Crippen molar-refractivity contribution in [1.29, 1.82) is 0 Å². The third-order valence-corrected chi connectivity index (χ3v) is 1.99. The molecule has 0 amide bonds. The fourth-order valence-electron chi connectivity index (χ4n) is 1.22. The minimum absolute atomic E-state index is 0.0753. The van der Waals surface area contributed by atoms with Crippen molar-refractivity contribution in [2.75, 3.05) is 0 Å². The van der Waals surface area contributed by atoms with Crippen LogP contribution in [0.1, 0.15) is 11.4 Å². The number of nitrogens with zero attached hydrogens (tertiary/aromatic N) is 3. The number of aromatic amines is 1. The van der Waals surface area contributed by atoms with Crippen molar-refractivity contribution in [3.8, 4) is 11.8 Å². The first-order valence-electron chi connectivity index (χ1n) is 4.84. The van der Waals surface area contributed by atoms with Crippen LogP contribution in [-0.4, -0.2) is 26.2 Å². The maximum atomic E-state index is 8.54. The Bertz CT molecular complexity index is 549. The van der Waals surface area contributed by atoms with Gasteiger partial charge in [-0.25, -0.2) is 4.98 Å². The molecule has 0 aliphatic carbocycles. The molecule has 2 rings (SSSR count). The molecule has 4 N–H and O–H groups in total. The average Bonchev–Trinajstić information content (AvgIpc) is 2.74. The molecule has 0 saturated carbocycles. The quantitative estimate of drug-likeness (QED) is 0.317. The Balaban J connectivity index is 2.22. The van der Waals surface area contributed by atoms with Gasteiger partial charge in [0.15, 0.2) is 5.84 Å². The lowest BCUT2D eigenvalue weighted by Crippen LogP contribution is -2.14. The number of amidine groups is 1. The molecule has 0 atom stereocenters. The molecule has 7 nitrogen and oxygen atoms in total. The maximum Gasteiger partial charge on any atom is 0.240 e. The van der Waals surface area contributed by atoms with Gasteiger partial charge in [0, 0.05) is 17.8 Å². The van der Waals surface area contributed by atoms with Gasteiger partial charge in [0.25, 0.3) is 0 Å². The number of hydrogen-bond acceptors (Lipinski definition) is 5. The van der Waals surface area contributed by atoms with Crippen LogP contribution >= 0.6 is 0 Å². The fraction of sp³-hybridized carbons (Fsp3) is 0.100. The topological polar surface area (TPSA) is 109 Å². The molecular weight excluding hydrogens is 222 g/mol. The van der Waals surface area contributed by atoms with Crippen LogP contribution in [0.5, 0.6) is 11.8 Å². The molecule has 2 aromatic rings. The zero-order valence-electron chi connectivity index (χ0n) is 9.08. The van der Waals surface area contributed by atoms with Gasteiger partial charge >= 0.3 is 0 Å². The van der Waals surface area contributed by atoms with Crippen molar-refractivity contribution in [1.82, 2.24) is 15.2 Å². The minimum atomic E-state index is -0.0753. The zero-order valence-corrected chi connectivity index (χ0v) is 9.08. The summed E-state index contributed by atoms with van der Waals surface area (Å²) in [6.45, 7) is 1.86. The Morgan fingerprint density at radius 3 is 2.94 bits per heavy atom. The molecule has 0 fully saturated rings. The highest BCUT2D eigenvalue weighted by Crippen LogP contribution is 2.17. The molecule has 0 spiro atoms. The van der Waals surface area contributed by atoms with Gasteiger partial charge in [0.1, 0.15) is 5.69 Å². The number of aromatic nitrogens is 3. The van der Waals surface area contributed by atoms with E-state index in [-0.39, 0.29) is 5.84 Å². The summed E-state index contributed by atoms with van der Waals surface area (Å²) >= 11 is 0. The van der Waals surface area contributed by atoms with Gasteiger partial charge in [-0.2, -0.15) is 0 Å². The molecule has 88 valence electrons. The van der Waals surface area contributed by atoms with E-state index >= 15 is 0 Å². The molecule has 2 heterocycles. The monoisotopic (exact) mass is 233 g/mol. The van der Waals surface area contributed by atoms with Crippen LogP contribution in [0, 0.1) is 6.92 Å². The Morgan fingerprint density at radius 1 is 1.47 bits per heavy atom. The predicted octanol–water partition coefficient (Wildman–Crippen LogP) is 1.000. The van der Waals surface area contributed by atoms with E-state index in [1.165, 1.54) is 0 Å². The molecule has 0 aromatic carbocycles. The smallest absolute Gasteiger partial charge is 0.240 e. The van der Waals surface area contributed by atoms with E-state index in [4.69, 9.17) is 15.7 Å². The molecular formula is C10H11N5O2. The number of aryl methyl sites for hydroxylation is 1. The number of nitrogens with two attached hydrogens (primary N) is 1. The van der Waals surface area contributed by atoms with Crippen molar-refractivity contribution in [3.63, 3.8) is 0 Å². The van der Waals surface area contributed by atoms with Crippen molar-refractivity contribution in [2.45, 2.75) is 6.92 Å². The second-order valence-corrected chi connectivity index (χ2v) is 3.34. The lowest BCUT2D eigenvalue weighted by Gasteiger charge is -2.02. The third-order valence-electron chi connectivity index (χ3n) is 1.99. The number of pyridine rings is 1. The van der Waals surface area contributed by atoms with Crippen LogP contribution < -0.4 is 10.5 Å². The van der Waals surface area contributed by atoms with Gasteiger partial charge in [-0.3, -0.25) is 5.10 Å². The normalized spacial score (nSPS) is 11.5. The highest BCUT2D eigenvalue weighted by atomic mass is 16.5. The van der Waals surface area contributed by atoms with Crippen LogP contribution in [0.4, 0.5) is 0 Å². The number of H-pyrrole nitrogens is 1. The first-order chi connectivity index (χ1) is 8.19. The van der Waals surface area contributed by atoms with Crippen LogP contribution in [0.3, 0.4) is 0 Å². The molecule has 0 aliphatic heterocycles. The van der Waals surface area contributed by atoms with Gasteiger partial charge in [0.2, 0.25) is 11.8 Å². The molecule has 0 aliphatic rings. The fourth-order valence-corrected chi connectivity index (χ4v) is 1.22. The zero-order chi connectivity index (χ0) is 12.3. The summed E-state index contributed by atoms with van der Waals surface area (Å²) in [5, 5.41) is 18.1. The highest BCUT2D eigenvalue weighted by Gasteiger charge is 2.05. The second-order valence-electron chi connectivity index (χ2n) is 3.34. The summed E-state index contributed by atoms with van der Waals surface area (Å²) < 4.78 is 5.39. The van der Waals surface area contributed by atoms with E-state index in [1.54, 1.807) is 24.3 Å². The van der Waals surface area contributed by atoms with E-state index in [9.17, 15) is 0 Å². The molecule has 0 radical (unpaired) electrons. The van der Waals surface area contributed by atoms with E-state index in [1.807, 2.05) is 6.92 Å². The third kappa shape index (κ3) is 2.51. The number of ether oxygens (including phenoxy) is 1. The average molecular weight is 233 g/mol. The Hall–Kier alpha value is -2.57. The minimum Gasteiger partial charge on any atom is -0.419 e. The second kappa shape index (κ2) is 4.52. The molecule has 2 aromatic heterocycles. The molecule has 0 unspecified atom stereocenters. The largest absolute Gasteiger partial charge is 0.419 e. The van der Waals surface area contributed by atoms with Crippen molar-refractivity contribution >= 4 is 5.84 Å². The number of hydrogen-bond donors (Lipinski definition) is 3. The Labute approximate surface area is 96.9 Å². The summed E-state index contributed by atoms with van der Waals surface area (Å²) in [6.07, 6.45) is 0. The van der Waals surface area contributed by atoms with Crippen LogP contribution in [0.25, 0.3) is 0 Å². The van der Waals surface area contributed by atoms with E-state index < -0.39 is 0 Å². The summed E-state index contributed by atoms with van der Waals surface area (Å²) in [5.41, 5.74) is 6.63. The van der Waals surface area contributed by atoms with Crippen LogP contribution in [-0.2, 0) is 0 Å². The SMILES string of the molecule is Cc1cc(Oc2cccc(/C(N)=N/O)n2)n[nH]1. The van der Waals surface area contributed by atoms with Gasteiger partial charge in [-0.15, -0.1) is 5.10 Å². The van der Waals surface area contributed by atoms with Crippen LogP contribution in [0.15, 0.2) is 29.4 Å². The predicted molar refractivity (Wildman–Crippen MR) is 60.1 cm³/mol. The van der Waals surface area contributed by atoms with E-state index in [0.717, 1.165) is 5.69 Å². The number of rotatable bonds is 3. The van der Waals surface area contributed by atoms with Gasteiger partial charge in [-0.05, 0) is 13.0 Å².